The van der Waals surface area contributed by atoms with E-state index in [0.717, 1.165) is 56.3 Å². The summed E-state index contributed by atoms with van der Waals surface area (Å²) in [6, 6.07) is 0. The number of hydrogen-bond donors (Lipinski definition) is 11. The van der Waals surface area contributed by atoms with Gasteiger partial charge in [0.15, 0.2) is 0 Å². The van der Waals surface area contributed by atoms with E-state index in [0.29, 0.717) is 90.3 Å². The summed E-state index contributed by atoms with van der Waals surface area (Å²) in [4.78, 5) is 79.7. The first-order valence-electron chi connectivity index (χ1n) is 32.6. The Hall–Kier alpha value is -3.50. The number of nitrogens with one attached hydrogen (secondary N) is 2. The lowest BCUT2D eigenvalue weighted by atomic mass is 9.43. The first-order valence-corrected chi connectivity index (χ1v) is 32.6. The van der Waals surface area contributed by atoms with Crippen LogP contribution in [0, 0.1) is 92.7 Å². The van der Waals surface area contributed by atoms with Crippen LogP contribution < -0.4 is 10.6 Å². The first-order chi connectivity index (χ1) is 39.6. The number of aliphatic hydroxyl groups excluding tert-OH is 6. The smallest absolute Gasteiger partial charge is 0.317 e. The van der Waals surface area contributed by atoms with E-state index in [-0.39, 0.29) is 144 Å². The minimum atomic E-state index is -1.25. The molecule has 0 aromatic heterocycles. The normalized spacial score (nSPS) is 40.3. The van der Waals surface area contributed by atoms with E-state index in [4.69, 9.17) is 0 Å². The maximum Gasteiger partial charge on any atom is 0.317 e. The maximum atomic E-state index is 14.4. The molecule has 22 atom stereocenters. The number of hydrogen-bond acceptors (Lipinski definition) is 14. The zero-order valence-corrected chi connectivity index (χ0v) is 51.4. The maximum absolute atomic E-state index is 14.4. The van der Waals surface area contributed by atoms with Crippen LogP contribution >= 0.6 is 0 Å². The van der Waals surface area contributed by atoms with E-state index in [2.05, 4.69) is 52.2 Å². The Balaban J connectivity index is 0.850. The van der Waals surface area contributed by atoms with Gasteiger partial charge in [0.2, 0.25) is 17.7 Å². The minimum absolute atomic E-state index is 0.00865. The lowest BCUT2D eigenvalue weighted by Crippen LogP contribution is -2.62. The van der Waals surface area contributed by atoms with Gasteiger partial charge in [0, 0.05) is 52.1 Å². The number of fused-ring (bicyclic) bond motifs is 10. The van der Waals surface area contributed by atoms with Crippen molar-refractivity contribution in [1.82, 2.24) is 25.3 Å². The lowest BCUT2D eigenvalue weighted by Gasteiger charge is -2.63. The van der Waals surface area contributed by atoms with Gasteiger partial charge in [-0.05, 0) is 208 Å². The summed E-state index contributed by atoms with van der Waals surface area (Å²) in [5.74, 6) is -2.34. The Kier molecular flexibility index (Phi) is 21.7. The molecule has 0 aliphatic heterocycles. The fraction of sp³-hybridized carbons (Fsp3) is 0.906. The quantitative estimate of drug-likeness (QED) is 0.0507. The molecule has 0 aromatic carbocycles. The Morgan fingerprint density at radius 2 is 0.893 bits per heavy atom. The number of nitrogens with zero attached hydrogens (tertiary/aromatic N) is 3. The van der Waals surface area contributed by atoms with Crippen LogP contribution in [0.4, 0.5) is 0 Å². The number of rotatable bonds is 27. The highest BCUT2D eigenvalue weighted by atomic mass is 16.4. The van der Waals surface area contributed by atoms with E-state index >= 15 is 0 Å². The highest BCUT2D eigenvalue weighted by Crippen LogP contribution is 2.70. The van der Waals surface area contributed by atoms with Crippen LogP contribution in [0.25, 0.3) is 0 Å². The first kappa shape index (κ1) is 66.5. The topological polar surface area (TPSA) is 318 Å². The highest BCUT2D eigenvalue weighted by Gasteiger charge is 2.67. The van der Waals surface area contributed by atoms with Crippen molar-refractivity contribution in [2.24, 2.45) is 92.7 Å². The summed E-state index contributed by atoms with van der Waals surface area (Å²) in [5.41, 5.74) is -0.840. The monoisotopic (exact) mass is 1190 g/mol. The zero-order valence-electron chi connectivity index (χ0n) is 51.4. The van der Waals surface area contributed by atoms with Gasteiger partial charge in [-0.2, -0.15) is 0 Å². The van der Waals surface area contributed by atoms with E-state index in [1.165, 1.54) is 4.90 Å². The number of carbonyl (C=O) groups excluding carboxylic acids is 3. The molecule has 0 radical (unpaired) electrons. The number of aliphatic carboxylic acids is 3. The zero-order chi connectivity index (χ0) is 61.2. The van der Waals surface area contributed by atoms with Crippen molar-refractivity contribution < 1.29 is 74.7 Å². The SMILES string of the molecule is CC(CCC(=O)NCCCN(CCCNC(=O)CN(CCN(CC(=O)O)CC(=O)O)CC(=O)O)C(=O)CCC(C)C1CCC2C3C(O)CC4C[C@H](O)CC[C@]4(C)C3C[C@H](O)[C@]12C)C1CCC2C3C(O)CC4C[C@H](O)CC[C@]4(C)C3C[C@H](O)[C@]12C. The molecule has 11 N–H and O–H groups in total. The summed E-state index contributed by atoms with van der Waals surface area (Å²) in [6.07, 6.45) is 11.1. The molecule has 478 valence electrons. The Morgan fingerprint density at radius 3 is 1.32 bits per heavy atom. The third-order valence-corrected chi connectivity index (χ3v) is 25.1. The fourth-order valence-corrected chi connectivity index (χ4v) is 20.5. The van der Waals surface area contributed by atoms with Crippen molar-refractivity contribution >= 4 is 35.6 Å². The van der Waals surface area contributed by atoms with E-state index in [1.807, 2.05) is 0 Å². The van der Waals surface area contributed by atoms with E-state index in [1.54, 1.807) is 4.90 Å². The van der Waals surface area contributed by atoms with Crippen LogP contribution in [0.2, 0.25) is 0 Å². The molecular formula is C64H107N5O15. The van der Waals surface area contributed by atoms with Gasteiger partial charge in [0.25, 0.3) is 0 Å². The Morgan fingerprint density at radius 1 is 0.488 bits per heavy atom. The molecule has 0 saturated heterocycles. The summed E-state index contributed by atoms with van der Waals surface area (Å²) in [5, 5.41) is 103. The standard InChI is InChI=1S/C64H107N5O15/c1-37(43-11-13-45-59-47(31-51(74)63(43,45)5)61(3)19-17-41(70)27-39(61)29-49(59)72)9-15-53(76)65-21-7-23-69(24-8-22-66-54(77)33-67(34-56(79)80)25-26-68(35-57(81)82)36-58(83)84)55(78)16-10-38(2)44-12-14-46-60-48(32-52(75)64(44,46)6)62(4)20-18-42(71)28-40(62)30-50(60)73/h37-52,59-60,70-75H,7-36H2,1-6H3,(H,65,76)(H,66,77)(H,79,80)(H,81,82)(H,83,84)/t37?,38?,39?,40?,41-,42-,43?,44?,45?,46?,47?,48?,49?,50?,51+,52+,59?,60?,61+,62+,63-,64-/m1/s1. The van der Waals surface area contributed by atoms with Crippen LogP contribution in [0.15, 0.2) is 0 Å². The van der Waals surface area contributed by atoms with Crippen molar-refractivity contribution in [2.75, 3.05) is 65.4 Å². The van der Waals surface area contributed by atoms with Crippen LogP contribution in [0.3, 0.4) is 0 Å². The number of carboxylic acid groups (broad SMARTS) is 3. The molecule has 8 aliphatic carbocycles. The fourth-order valence-electron chi connectivity index (χ4n) is 20.5. The van der Waals surface area contributed by atoms with Gasteiger partial charge in [-0.3, -0.25) is 38.6 Å². The molecule has 8 fully saturated rings. The van der Waals surface area contributed by atoms with Gasteiger partial charge < -0.3 is 61.5 Å². The van der Waals surface area contributed by atoms with Crippen LogP contribution in [0.1, 0.15) is 170 Å². The molecular weight excluding hydrogens is 1080 g/mol. The summed E-state index contributed by atoms with van der Waals surface area (Å²) >= 11 is 0. The lowest BCUT2D eigenvalue weighted by molar-refractivity contribution is -0.207. The second kappa shape index (κ2) is 27.5. The summed E-state index contributed by atoms with van der Waals surface area (Å²) < 4.78 is 0. The van der Waals surface area contributed by atoms with Crippen molar-refractivity contribution in [3.63, 3.8) is 0 Å². The third-order valence-electron chi connectivity index (χ3n) is 25.1. The number of carbonyl (C=O) groups is 6. The Bertz CT molecular complexity index is 2300. The molecule has 3 amide bonds. The van der Waals surface area contributed by atoms with Gasteiger partial charge >= 0.3 is 17.9 Å². The molecule has 0 bridgehead atoms. The predicted molar refractivity (Wildman–Crippen MR) is 312 cm³/mol. The Labute approximate surface area is 498 Å². The van der Waals surface area contributed by atoms with Gasteiger partial charge in [-0.1, -0.05) is 41.5 Å². The van der Waals surface area contributed by atoms with E-state index < -0.39 is 73.3 Å². The third kappa shape index (κ3) is 14.0. The molecule has 20 heteroatoms. The average molecular weight is 1190 g/mol. The van der Waals surface area contributed by atoms with Gasteiger partial charge in [-0.15, -0.1) is 0 Å². The average Bonchev–Trinajstić information content (AvgIpc) is 1.60. The molecule has 0 heterocycles. The molecule has 84 heavy (non-hydrogen) atoms. The predicted octanol–water partition coefficient (Wildman–Crippen LogP) is 4.44. The molecule has 0 aromatic rings. The minimum Gasteiger partial charge on any atom is -0.480 e. The molecule has 14 unspecified atom stereocenters. The van der Waals surface area contributed by atoms with Crippen molar-refractivity contribution in [3.05, 3.63) is 0 Å². The second-order valence-electron chi connectivity index (χ2n) is 29.5. The van der Waals surface area contributed by atoms with Gasteiger partial charge in [-0.25, -0.2) is 0 Å². The van der Waals surface area contributed by atoms with Crippen molar-refractivity contribution in [1.29, 1.82) is 0 Å². The van der Waals surface area contributed by atoms with Crippen LogP contribution in [-0.2, 0) is 28.8 Å². The second-order valence-corrected chi connectivity index (χ2v) is 29.5. The van der Waals surface area contributed by atoms with Crippen molar-refractivity contribution in [2.45, 2.75) is 207 Å². The van der Waals surface area contributed by atoms with Crippen molar-refractivity contribution in [3.8, 4) is 0 Å². The van der Waals surface area contributed by atoms with Crippen LogP contribution in [0.5, 0.6) is 0 Å². The summed E-state index contributed by atoms with van der Waals surface area (Å²) in [7, 11) is 0. The molecule has 0 spiro atoms. The highest BCUT2D eigenvalue weighted by molar-refractivity contribution is 5.79. The molecule has 20 nitrogen and oxygen atoms in total. The summed E-state index contributed by atoms with van der Waals surface area (Å²) in [6.45, 7) is 12.5. The number of carboxylic acids is 3. The van der Waals surface area contributed by atoms with E-state index in [9.17, 15) is 74.7 Å². The molecule has 8 saturated carbocycles. The number of amides is 3. The van der Waals surface area contributed by atoms with Crippen LogP contribution in [-0.4, -0.2) is 198 Å². The molecule has 8 aliphatic rings. The molecule has 8 rings (SSSR count). The number of aliphatic hydroxyl groups is 6. The van der Waals surface area contributed by atoms with Gasteiger partial charge in [0.05, 0.1) is 62.8 Å². The van der Waals surface area contributed by atoms with Gasteiger partial charge in [0.1, 0.15) is 0 Å². The largest absolute Gasteiger partial charge is 0.480 e.